The summed E-state index contributed by atoms with van der Waals surface area (Å²) in [6, 6.07) is 24.9. The molecule has 0 N–H and O–H groups in total. The normalized spacial score (nSPS) is 14.7. The molecule has 0 amide bonds. The third kappa shape index (κ3) is 4.78. The van der Waals surface area contributed by atoms with Crippen molar-refractivity contribution in [2.24, 2.45) is 0 Å². The van der Waals surface area contributed by atoms with Crippen molar-refractivity contribution in [3.63, 3.8) is 0 Å². The van der Waals surface area contributed by atoms with Crippen LogP contribution >= 0.6 is 24.0 Å². The third-order valence-corrected chi connectivity index (χ3v) is 8.11. The monoisotopic (exact) mass is 498 g/mol. The second kappa shape index (κ2) is 9.82. The Kier molecular flexibility index (Phi) is 7.05. The van der Waals surface area contributed by atoms with Crippen molar-refractivity contribution in [2.75, 3.05) is 13.1 Å². The molecule has 0 unspecified atom stereocenters. The maximum Gasteiger partial charge on any atom is 0.243 e. The molecular weight excluding hydrogens is 475 g/mol. The van der Waals surface area contributed by atoms with Crippen LogP contribution in [0.15, 0.2) is 83.8 Å². The lowest BCUT2D eigenvalue weighted by Gasteiger charge is -2.25. The van der Waals surface area contributed by atoms with Gasteiger partial charge in [0.15, 0.2) is 0 Å². The Morgan fingerprint density at radius 3 is 2.18 bits per heavy atom. The SMILES string of the molecule is Cl.O=S(=O)(c1ccc(-c2cc(-c3ccccc3)c3cc(Cl)ccc3n2)cc1)N1CCCCC1. The van der Waals surface area contributed by atoms with Gasteiger partial charge in [-0.15, -0.1) is 12.4 Å². The quantitative estimate of drug-likeness (QED) is 0.310. The summed E-state index contributed by atoms with van der Waals surface area (Å²) in [7, 11) is -3.45. The lowest BCUT2D eigenvalue weighted by atomic mass is 9.98. The predicted molar refractivity (Wildman–Crippen MR) is 137 cm³/mol. The third-order valence-electron chi connectivity index (χ3n) is 5.96. The molecule has 0 aliphatic carbocycles. The van der Waals surface area contributed by atoms with Gasteiger partial charge in [0.25, 0.3) is 0 Å². The Hall–Kier alpha value is -2.44. The lowest BCUT2D eigenvalue weighted by Crippen LogP contribution is -2.35. The van der Waals surface area contributed by atoms with Gasteiger partial charge >= 0.3 is 0 Å². The van der Waals surface area contributed by atoms with Crippen molar-refractivity contribution in [3.8, 4) is 22.4 Å². The van der Waals surface area contributed by atoms with Crippen LogP contribution in [0.25, 0.3) is 33.3 Å². The van der Waals surface area contributed by atoms with E-state index in [0.717, 1.165) is 52.5 Å². The maximum atomic E-state index is 13.0. The molecular formula is C26H24Cl2N2O2S. The molecule has 1 fully saturated rings. The summed E-state index contributed by atoms with van der Waals surface area (Å²) in [6.07, 6.45) is 2.93. The number of hydrogen-bond donors (Lipinski definition) is 0. The molecule has 1 aromatic heterocycles. The average Bonchev–Trinajstić information content (AvgIpc) is 2.84. The zero-order valence-corrected chi connectivity index (χ0v) is 20.3. The maximum absolute atomic E-state index is 13.0. The number of aromatic nitrogens is 1. The molecule has 3 aromatic carbocycles. The summed E-state index contributed by atoms with van der Waals surface area (Å²) in [5.74, 6) is 0. The van der Waals surface area contributed by atoms with Crippen LogP contribution in [0.3, 0.4) is 0 Å². The molecule has 0 radical (unpaired) electrons. The molecule has 1 aliphatic heterocycles. The molecule has 170 valence electrons. The van der Waals surface area contributed by atoms with Crippen molar-refractivity contribution < 1.29 is 8.42 Å². The van der Waals surface area contributed by atoms with Gasteiger partial charge in [-0.05, 0) is 60.4 Å². The standard InChI is InChI=1S/C26H23ClN2O2S.ClH/c27-21-11-14-25-24(17-21)23(19-7-3-1-4-8-19)18-26(28-25)20-9-12-22(13-10-20)32(30,31)29-15-5-2-6-16-29;/h1,3-4,7-14,17-18H,2,5-6,15-16H2;1H. The van der Waals surface area contributed by atoms with Crippen LogP contribution in [0, 0.1) is 0 Å². The number of hydrogen-bond acceptors (Lipinski definition) is 3. The van der Waals surface area contributed by atoms with Gasteiger partial charge in [-0.1, -0.05) is 60.5 Å². The number of piperidine rings is 1. The number of rotatable bonds is 4. The fourth-order valence-electron chi connectivity index (χ4n) is 4.25. The van der Waals surface area contributed by atoms with E-state index in [0.29, 0.717) is 23.0 Å². The fraction of sp³-hybridized carbons (Fsp3) is 0.192. The van der Waals surface area contributed by atoms with Gasteiger partial charge in [0.2, 0.25) is 10.0 Å². The molecule has 0 bridgehead atoms. The van der Waals surface area contributed by atoms with Crippen LogP contribution in [0.4, 0.5) is 0 Å². The number of sulfonamides is 1. The van der Waals surface area contributed by atoms with Gasteiger partial charge in [0.05, 0.1) is 16.1 Å². The second-order valence-electron chi connectivity index (χ2n) is 8.07. The molecule has 7 heteroatoms. The van der Waals surface area contributed by atoms with Gasteiger partial charge in [-0.3, -0.25) is 0 Å². The number of halogens is 2. The summed E-state index contributed by atoms with van der Waals surface area (Å²) in [6.45, 7) is 1.19. The topological polar surface area (TPSA) is 50.3 Å². The summed E-state index contributed by atoms with van der Waals surface area (Å²) in [5.41, 5.74) is 4.62. The Labute approximate surface area is 205 Å². The molecule has 4 nitrogen and oxygen atoms in total. The van der Waals surface area contributed by atoms with E-state index in [9.17, 15) is 8.42 Å². The van der Waals surface area contributed by atoms with Crippen LogP contribution in [-0.4, -0.2) is 30.8 Å². The van der Waals surface area contributed by atoms with Crippen molar-refractivity contribution in [2.45, 2.75) is 24.2 Å². The summed E-state index contributed by atoms with van der Waals surface area (Å²) >= 11 is 6.27. The smallest absolute Gasteiger partial charge is 0.243 e. The highest BCUT2D eigenvalue weighted by molar-refractivity contribution is 7.89. The number of nitrogens with zero attached hydrogens (tertiary/aromatic N) is 2. The Morgan fingerprint density at radius 2 is 1.48 bits per heavy atom. The van der Waals surface area contributed by atoms with Gasteiger partial charge in [-0.2, -0.15) is 4.31 Å². The van der Waals surface area contributed by atoms with Crippen molar-refractivity contribution in [1.82, 2.24) is 9.29 Å². The van der Waals surface area contributed by atoms with Crippen molar-refractivity contribution in [1.29, 1.82) is 0 Å². The zero-order chi connectivity index (χ0) is 22.1. The van der Waals surface area contributed by atoms with E-state index in [1.807, 2.05) is 54.6 Å². The van der Waals surface area contributed by atoms with Crippen molar-refractivity contribution >= 4 is 44.9 Å². The van der Waals surface area contributed by atoms with Crippen LogP contribution in [0.2, 0.25) is 5.02 Å². The largest absolute Gasteiger partial charge is 0.248 e. The van der Waals surface area contributed by atoms with E-state index in [1.54, 1.807) is 16.4 Å². The minimum atomic E-state index is -3.45. The minimum absolute atomic E-state index is 0. The van der Waals surface area contributed by atoms with E-state index in [-0.39, 0.29) is 12.4 Å². The minimum Gasteiger partial charge on any atom is -0.248 e. The highest BCUT2D eigenvalue weighted by Crippen LogP contribution is 2.34. The van der Waals surface area contributed by atoms with Crippen LogP contribution in [0.5, 0.6) is 0 Å². The fourth-order valence-corrected chi connectivity index (χ4v) is 5.94. The molecule has 1 saturated heterocycles. The highest BCUT2D eigenvalue weighted by atomic mass is 35.5. The Balaban J connectivity index is 0.00000259. The number of pyridine rings is 1. The Morgan fingerprint density at radius 1 is 0.788 bits per heavy atom. The van der Waals surface area contributed by atoms with E-state index in [2.05, 4.69) is 12.1 Å². The second-order valence-corrected chi connectivity index (χ2v) is 10.4. The van der Waals surface area contributed by atoms with Gasteiger partial charge in [0, 0.05) is 29.1 Å². The molecule has 2 heterocycles. The molecule has 1 aliphatic rings. The van der Waals surface area contributed by atoms with Gasteiger partial charge < -0.3 is 0 Å². The van der Waals surface area contributed by atoms with Crippen LogP contribution in [0.1, 0.15) is 19.3 Å². The number of benzene rings is 3. The van der Waals surface area contributed by atoms with E-state index in [1.165, 1.54) is 0 Å². The molecule has 0 saturated carbocycles. The lowest BCUT2D eigenvalue weighted by molar-refractivity contribution is 0.346. The Bertz CT molecular complexity index is 1370. The van der Waals surface area contributed by atoms with E-state index >= 15 is 0 Å². The molecule has 4 aromatic rings. The summed E-state index contributed by atoms with van der Waals surface area (Å²) < 4.78 is 27.6. The first-order chi connectivity index (χ1) is 15.5. The van der Waals surface area contributed by atoms with Gasteiger partial charge in [-0.25, -0.2) is 13.4 Å². The van der Waals surface area contributed by atoms with E-state index in [4.69, 9.17) is 16.6 Å². The molecule has 33 heavy (non-hydrogen) atoms. The summed E-state index contributed by atoms with van der Waals surface area (Å²) in [5, 5.41) is 1.65. The first-order valence-corrected chi connectivity index (χ1v) is 12.6. The predicted octanol–water partition coefficient (Wildman–Crippen LogP) is 6.82. The van der Waals surface area contributed by atoms with Crippen LogP contribution in [-0.2, 0) is 10.0 Å². The first kappa shape index (κ1) is 23.7. The first-order valence-electron chi connectivity index (χ1n) is 10.8. The number of fused-ring (bicyclic) bond motifs is 1. The van der Waals surface area contributed by atoms with Crippen molar-refractivity contribution in [3.05, 3.63) is 83.9 Å². The average molecular weight is 499 g/mol. The molecule has 0 atom stereocenters. The summed E-state index contributed by atoms with van der Waals surface area (Å²) in [4.78, 5) is 5.17. The molecule has 0 spiro atoms. The highest BCUT2D eigenvalue weighted by Gasteiger charge is 2.25. The van der Waals surface area contributed by atoms with E-state index < -0.39 is 10.0 Å². The zero-order valence-electron chi connectivity index (χ0n) is 17.9. The van der Waals surface area contributed by atoms with Gasteiger partial charge in [0.1, 0.15) is 0 Å². The molecule has 5 rings (SSSR count). The van der Waals surface area contributed by atoms with Crippen LogP contribution < -0.4 is 0 Å².